The molecule has 0 saturated carbocycles. The summed E-state index contributed by atoms with van der Waals surface area (Å²) < 4.78 is 0. The van der Waals surface area contributed by atoms with Gasteiger partial charge < -0.3 is 0 Å². The second-order valence-corrected chi connectivity index (χ2v) is 4.98. The van der Waals surface area contributed by atoms with E-state index in [2.05, 4.69) is 0 Å². The fourth-order valence-corrected chi connectivity index (χ4v) is 2.93. The van der Waals surface area contributed by atoms with Gasteiger partial charge in [-0.1, -0.05) is 41.4 Å². The Morgan fingerprint density at radius 1 is 1.00 bits per heavy atom. The van der Waals surface area contributed by atoms with Gasteiger partial charge >= 0.3 is 0 Å². The van der Waals surface area contributed by atoms with E-state index in [0.717, 1.165) is 16.7 Å². The van der Waals surface area contributed by atoms with Crippen LogP contribution in [0.5, 0.6) is 0 Å². The summed E-state index contributed by atoms with van der Waals surface area (Å²) in [4.78, 5) is 12.2. The summed E-state index contributed by atoms with van der Waals surface area (Å²) in [5, 5.41) is 0.978. The Bertz CT molecular complexity index is 660. The zero-order valence-corrected chi connectivity index (χ0v) is 10.6. The Morgan fingerprint density at radius 2 is 1.76 bits per heavy atom. The molecule has 1 nitrogen and oxygen atoms in total. The molecule has 17 heavy (non-hydrogen) atoms. The van der Waals surface area contributed by atoms with Crippen LogP contribution in [0.2, 0.25) is 10.0 Å². The normalized spacial score (nSPS) is 12.5. The van der Waals surface area contributed by atoms with Crippen LogP contribution >= 0.6 is 23.2 Å². The number of hydrogen-bond acceptors (Lipinski definition) is 1. The van der Waals surface area contributed by atoms with Gasteiger partial charge in [0.25, 0.3) is 0 Å². The van der Waals surface area contributed by atoms with Gasteiger partial charge in [-0.25, -0.2) is 0 Å². The molecule has 0 heterocycles. The minimum Gasteiger partial charge on any atom is -0.289 e. The van der Waals surface area contributed by atoms with Crippen molar-refractivity contribution in [3.05, 3.63) is 57.1 Å². The van der Waals surface area contributed by atoms with E-state index in [1.165, 1.54) is 0 Å². The fraction of sp³-hybridized carbons (Fsp3) is 0.0714. The molecular weight excluding hydrogens is 255 g/mol. The van der Waals surface area contributed by atoms with Crippen molar-refractivity contribution < 1.29 is 4.79 Å². The fourth-order valence-electron chi connectivity index (χ4n) is 2.35. The van der Waals surface area contributed by atoms with Gasteiger partial charge in [0.05, 0.1) is 5.02 Å². The van der Waals surface area contributed by atoms with Crippen molar-refractivity contribution in [1.29, 1.82) is 0 Å². The number of hydrogen-bond donors (Lipinski definition) is 0. The molecule has 84 valence electrons. The van der Waals surface area contributed by atoms with Crippen LogP contribution in [0.4, 0.5) is 0 Å². The van der Waals surface area contributed by atoms with Gasteiger partial charge in [0.2, 0.25) is 0 Å². The Morgan fingerprint density at radius 3 is 2.53 bits per heavy atom. The van der Waals surface area contributed by atoms with Crippen molar-refractivity contribution in [2.45, 2.75) is 6.92 Å². The standard InChI is InChI=1S/C14H8Cl2O/c1-7-3-2-4-9-12(7)10-5-8(15)6-11(16)13(10)14(9)17/h2-6H,1H3. The predicted molar refractivity (Wildman–Crippen MR) is 70.1 cm³/mol. The zero-order valence-electron chi connectivity index (χ0n) is 9.05. The van der Waals surface area contributed by atoms with E-state index in [1.807, 2.05) is 25.1 Å². The van der Waals surface area contributed by atoms with E-state index in [9.17, 15) is 4.79 Å². The van der Waals surface area contributed by atoms with Crippen molar-refractivity contribution in [3.8, 4) is 11.1 Å². The van der Waals surface area contributed by atoms with Crippen molar-refractivity contribution in [3.63, 3.8) is 0 Å². The average Bonchev–Trinajstić information content (AvgIpc) is 2.54. The maximum atomic E-state index is 12.2. The van der Waals surface area contributed by atoms with E-state index in [1.54, 1.807) is 12.1 Å². The van der Waals surface area contributed by atoms with E-state index < -0.39 is 0 Å². The van der Waals surface area contributed by atoms with E-state index in [-0.39, 0.29) is 5.78 Å². The molecular formula is C14H8Cl2O. The third-order valence-electron chi connectivity index (χ3n) is 3.07. The molecule has 0 unspecified atom stereocenters. The number of benzene rings is 2. The first kappa shape index (κ1) is 10.8. The average molecular weight is 263 g/mol. The lowest BCUT2D eigenvalue weighted by molar-refractivity contribution is 0.104. The number of rotatable bonds is 0. The summed E-state index contributed by atoms with van der Waals surface area (Å²) >= 11 is 12.1. The van der Waals surface area contributed by atoms with Gasteiger partial charge in [-0.3, -0.25) is 4.79 Å². The summed E-state index contributed by atoms with van der Waals surface area (Å²) in [5.74, 6) is -0.0135. The van der Waals surface area contributed by atoms with Crippen molar-refractivity contribution in [2.75, 3.05) is 0 Å². The monoisotopic (exact) mass is 262 g/mol. The molecule has 1 aliphatic carbocycles. The van der Waals surface area contributed by atoms with Gasteiger partial charge in [0.15, 0.2) is 5.78 Å². The van der Waals surface area contributed by atoms with Crippen LogP contribution in [-0.2, 0) is 0 Å². The molecule has 0 spiro atoms. The highest BCUT2D eigenvalue weighted by atomic mass is 35.5. The van der Waals surface area contributed by atoms with Gasteiger partial charge in [-0.15, -0.1) is 0 Å². The largest absolute Gasteiger partial charge is 0.289 e. The lowest BCUT2D eigenvalue weighted by Gasteiger charge is -2.05. The quantitative estimate of drug-likeness (QED) is 0.583. The van der Waals surface area contributed by atoms with E-state index >= 15 is 0 Å². The zero-order chi connectivity index (χ0) is 12.2. The minimum atomic E-state index is -0.0135. The highest BCUT2D eigenvalue weighted by Gasteiger charge is 2.30. The van der Waals surface area contributed by atoms with Crippen LogP contribution < -0.4 is 0 Å². The molecule has 2 aromatic rings. The van der Waals surface area contributed by atoms with Gasteiger partial charge in [0, 0.05) is 16.1 Å². The second-order valence-electron chi connectivity index (χ2n) is 4.14. The predicted octanol–water partition coefficient (Wildman–Crippen LogP) is 4.51. The maximum Gasteiger partial charge on any atom is 0.195 e. The molecule has 1 aliphatic rings. The van der Waals surface area contributed by atoms with E-state index in [4.69, 9.17) is 23.2 Å². The lowest BCUT2D eigenvalue weighted by atomic mass is 10.0. The van der Waals surface area contributed by atoms with Crippen LogP contribution in [0.25, 0.3) is 11.1 Å². The summed E-state index contributed by atoms with van der Waals surface area (Å²) in [6.45, 7) is 1.98. The van der Waals surface area contributed by atoms with Crippen LogP contribution in [0.1, 0.15) is 21.5 Å². The van der Waals surface area contributed by atoms with Gasteiger partial charge in [-0.2, -0.15) is 0 Å². The molecule has 0 amide bonds. The molecule has 0 N–H and O–H groups in total. The molecule has 0 aliphatic heterocycles. The van der Waals surface area contributed by atoms with Crippen molar-refractivity contribution >= 4 is 29.0 Å². The highest BCUT2D eigenvalue weighted by molar-refractivity contribution is 6.40. The molecule has 3 heteroatoms. The van der Waals surface area contributed by atoms with Crippen LogP contribution in [-0.4, -0.2) is 5.78 Å². The Kier molecular flexibility index (Phi) is 2.29. The molecule has 0 bridgehead atoms. The first-order chi connectivity index (χ1) is 8.09. The number of carbonyl (C=O) groups excluding carboxylic acids is 1. The highest BCUT2D eigenvalue weighted by Crippen LogP contribution is 2.43. The molecule has 0 aromatic heterocycles. The first-order valence-corrected chi connectivity index (χ1v) is 5.99. The Balaban J connectivity index is 2.46. The lowest BCUT2D eigenvalue weighted by Crippen LogP contribution is -1.95. The number of halogens is 2. The third-order valence-corrected chi connectivity index (χ3v) is 3.59. The number of ketones is 1. The maximum absolute atomic E-state index is 12.2. The van der Waals surface area contributed by atoms with E-state index in [0.29, 0.717) is 21.2 Å². The second kappa shape index (κ2) is 3.59. The molecule has 0 saturated heterocycles. The molecule has 0 atom stereocenters. The van der Waals surface area contributed by atoms with Crippen LogP contribution in [0, 0.1) is 6.92 Å². The Labute approximate surface area is 109 Å². The first-order valence-electron chi connectivity index (χ1n) is 5.23. The topological polar surface area (TPSA) is 17.1 Å². The summed E-state index contributed by atoms with van der Waals surface area (Å²) in [5.41, 5.74) is 4.15. The minimum absolute atomic E-state index is 0.0135. The summed E-state index contributed by atoms with van der Waals surface area (Å²) in [7, 11) is 0. The summed E-state index contributed by atoms with van der Waals surface area (Å²) in [6.07, 6.45) is 0. The molecule has 3 rings (SSSR count). The summed E-state index contributed by atoms with van der Waals surface area (Å²) in [6, 6.07) is 9.11. The van der Waals surface area contributed by atoms with Crippen molar-refractivity contribution in [1.82, 2.24) is 0 Å². The van der Waals surface area contributed by atoms with Gasteiger partial charge in [-0.05, 0) is 35.7 Å². The smallest absolute Gasteiger partial charge is 0.195 e. The molecule has 0 fully saturated rings. The van der Waals surface area contributed by atoms with Crippen LogP contribution in [0.3, 0.4) is 0 Å². The Hall–Kier alpha value is -1.31. The third kappa shape index (κ3) is 1.43. The molecule has 2 aromatic carbocycles. The number of fused-ring (bicyclic) bond motifs is 3. The van der Waals surface area contributed by atoms with Gasteiger partial charge in [0.1, 0.15) is 0 Å². The van der Waals surface area contributed by atoms with Crippen LogP contribution in [0.15, 0.2) is 30.3 Å². The number of aryl methyl sites for hydroxylation is 1. The number of carbonyl (C=O) groups is 1. The molecule has 0 radical (unpaired) electrons. The van der Waals surface area contributed by atoms with Crippen molar-refractivity contribution in [2.24, 2.45) is 0 Å². The SMILES string of the molecule is Cc1cccc2c1-c1cc(Cl)cc(Cl)c1C2=O.